The third kappa shape index (κ3) is 2.75. The van der Waals surface area contributed by atoms with Crippen LogP contribution in [0, 0.1) is 5.41 Å². The molecule has 1 saturated heterocycles. The lowest BCUT2D eigenvalue weighted by Gasteiger charge is -2.38. The van der Waals surface area contributed by atoms with Gasteiger partial charge in [0.15, 0.2) is 0 Å². The summed E-state index contributed by atoms with van der Waals surface area (Å²) in [6, 6.07) is 16.3. The maximum Gasteiger partial charge on any atom is 0.410 e. The summed E-state index contributed by atoms with van der Waals surface area (Å²) in [6.07, 6.45) is 3.43. The van der Waals surface area contributed by atoms with Crippen LogP contribution in [-0.2, 0) is 9.53 Å². The molecule has 0 unspecified atom stereocenters. The van der Waals surface area contributed by atoms with Gasteiger partial charge in [-0.2, -0.15) is 0 Å². The molecule has 0 radical (unpaired) electrons. The molecular weight excluding hydrogens is 366 g/mol. The second-order valence-corrected chi connectivity index (χ2v) is 8.47. The fourth-order valence-electron chi connectivity index (χ4n) is 5.69. The number of aliphatic carboxylic acids is 1. The van der Waals surface area contributed by atoms with Crippen LogP contribution in [0.4, 0.5) is 4.79 Å². The fourth-order valence-corrected chi connectivity index (χ4v) is 5.69. The van der Waals surface area contributed by atoms with E-state index in [0.29, 0.717) is 19.4 Å². The number of hydrogen-bond donors (Lipinski definition) is 1. The van der Waals surface area contributed by atoms with Gasteiger partial charge in [0.25, 0.3) is 0 Å². The minimum absolute atomic E-state index is 0.0181. The van der Waals surface area contributed by atoms with Crippen LogP contribution < -0.4 is 0 Å². The van der Waals surface area contributed by atoms with Crippen LogP contribution in [0.15, 0.2) is 48.5 Å². The summed E-state index contributed by atoms with van der Waals surface area (Å²) < 4.78 is 5.79. The second kappa shape index (κ2) is 6.90. The number of carbonyl (C=O) groups is 2. The number of benzene rings is 2. The summed E-state index contributed by atoms with van der Waals surface area (Å²) in [5, 5.41) is 9.84. The van der Waals surface area contributed by atoms with Crippen molar-refractivity contribution in [2.45, 2.75) is 44.1 Å². The van der Waals surface area contributed by atoms with Gasteiger partial charge >= 0.3 is 12.1 Å². The summed E-state index contributed by atoms with van der Waals surface area (Å²) in [6.45, 7) is 0.740. The molecular formula is C24H25NO4. The monoisotopic (exact) mass is 391 g/mol. The number of carboxylic acids is 1. The Kier molecular flexibility index (Phi) is 4.34. The standard InChI is InChI=1S/C24H25NO4/c26-22(27)24-12-6-5-11-21(24)25(14-13-24)23(28)29-15-20-18-9-3-1-7-16(18)17-8-2-4-10-19(17)20/h1-4,7-10,20-21H,5-6,11-15H2,(H,26,27)/t21-,24+/m0/s1. The average molecular weight is 391 g/mol. The largest absolute Gasteiger partial charge is 0.481 e. The van der Waals surface area contributed by atoms with Gasteiger partial charge in [-0.25, -0.2) is 4.79 Å². The first kappa shape index (κ1) is 18.2. The molecule has 150 valence electrons. The number of carboxylic acid groups (broad SMARTS) is 1. The number of likely N-dealkylation sites (tertiary alicyclic amines) is 1. The van der Waals surface area contributed by atoms with Gasteiger partial charge < -0.3 is 14.7 Å². The summed E-state index contributed by atoms with van der Waals surface area (Å²) >= 11 is 0. The minimum Gasteiger partial charge on any atom is -0.481 e. The van der Waals surface area contributed by atoms with Gasteiger partial charge in [-0.15, -0.1) is 0 Å². The summed E-state index contributed by atoms with van der Waals surface area (Å²) in [7, 11) is 0. The van der Waals surface area contributed by atoms with Crippen LogP contribution in [0.5, 0.6) is 0 Å². The number of amides is 1. The smallest absolute Gasteiger partial charge is 0.410 e. The van der Waals surface area contributed by atoms with E-state index in [0.717, 1.165) is 19.3 Å². The highest BCUT2D eigenvalue weighted by atomic mass is 16.6. The van der Waals surface area contributed by atoms with Crippen LogP contribution in [0.2, 0.25) is 0 Å². The Morgan fingerprint density at radius 2 is 1.66 bits per heavy atom. The van der Waals surface area contributed by atoms with Crippen LogP contribution in [0.25, 0.3) is 11.1 Å². The number of ether oxygens (including phenoxy) is 1. The van der Waals surface area contributed by atoms with Gasteiger partial charge in [-0.3, -0.25) is 4.79 Å². The van der Waals surface area contributed by atoms with Crippen LogP contribution >= 0.6 is 0 Å². The highest BCUT2D eigenvalue weighted by molar-refractivity contribution is 5.80. The molecule has 29 heavy (non-hydrogen) atoms. The number of rotatable bonds is 3. The highest BCUT2D eigenvalue weighted by Crippen LogP contribution is 2.48. The van der Waals surface area contributed by atoms with Gasteiger partial charge in [-0.05, 0) is 41.5 Å². The van der Waals surface area contributed by atoms with Crippen molar-refractivity contribution in [2.24, 2.45) is 5.41 Å². The van der Waals surface area contributed by atoms with E-state index >= 15 is 0 Å². The molecule has 1 saturated carbocycles. The number of nitrogens with zero attached hydrogens (tertiary/aromatic N) is 1. The molecule has 1 amide bonds. The zero-order valence-electron chi connectivity index (χ0n) is 16.3. The molecule has 2 atom stereocenters. The molecule has 0 spiro atoms. The molecule has 1 N–H and O–H groups in total. The van der Waals surface area contributed by atoms with Crippen molar-refractivity contribution in [3.05, 3.63) is 59.7 Å². The van der Waals surface area contributed by atoms with Gasteiger partial charge in [0.1, 0.15) is 6.61 Å². The molecule has 2 aromatic rings. The molecule has 2 fully saturated rings. The first-order valence-corrected chi connectivity index (χ1v) is 10.5. The van der Waals surface area contributed by atoms with Crippen LogP contribution in [0.3, 0.4) is 0 Å². The molecule has 5 nitrogen and oxygen atoms in total. The van der Waals surface area contributed by atoms with Gasteiger partial charge in [0.2, 0.25) is 0 Å². The van der Waals surface area contributed by atoms with Gasteiger partial charge in [-0.1, -0.05) is 61.4 Å². The molecule has 1 heterocycles. The molecule has 1 aliphatic heterocycles. The Bertz CT molecular complexity index is 925. The molecule has 0 aromatic heterocycles. The first-order chi connectivity index (χ1) is 14.1. The van der Waals surface area contributed by atoms with Crippen molar-refractivity contribution in [2.75, 3.05) is 13.2 Å². The van der Waals surface area contributed by atoms with Crippen LogP contribution in [-0.4, -0.2) is 41.3 Å². The minimum atomic E-state index is -0.788. The normalized spacial score (nSPS) is 25.2. The number of hydrogen-bond acceptors (Lipinski definition) is 3. The van der Waals surface area contributed by atoms with E-state index in [2.05, 4.69) is 24.3 Å². The first-order valence-electron chi connectivity index (χ1n) is 10.5. The lowest BCUT2D eigenvalue weighted by atomic mass is 9.70. The molecule has 0 bridgehead atoms. The summed E-state index contributed by atoms with van der Waals surface area (Å²) in [5.74, 6) is -0.749. The zero-order valence-corrected chi connectivity index (χ0v) is 16.3. The zero-order chi connectivity index (χ0) is 20.0. The fraction of sp³-hybridized carbons (Fsp3) is 0.417. The Balaban J connectivity index is 1.35. The lowest BCUT2D eigenvalue weighted by Crippen LogP contribution is -2.48. The molecule has 2 aromatic carbocycles. The van der Waals surface area contributed by atoms with Crippen molar-refractivity contribution < 1.29 is 19.4 Å². The molecule has 5 heteroatoms. The lowest BCUT2D eigenvalue weighted by molar-refractivity contribution is -0.152. The Hall–Kier alpha value is -2.82. The summed E-state index contributed by atoms with van der Waals surface area (Å²) in [5.41, 5.74) is 3.97. The van der Waals surface area contributed by atoms with E-state index in [4.69, 9.17) is 4.74 Å². The third-order valence-corrected chi connectivity index (χ3v) is 7.16. The van der Waals surface area contributed by atoms with Gasteiger partial charge in [0.05, 0.1) is 11.5 Å². The van der Waals surface area contributed by atoms with E-state index in [9.17, 15) is 14.7 Å². The van der Waals surface area contributed by atoms with Crippen molar-refractivity contribution >= 4 is 12.1 Å². The van der Waals surface area contributed by atoms with Crippen molar-refractivity contribution in [3.8, 4) is 11.1 Å². The van der Waals surface area contributed by atoms with Crippen molar-refractivity contribution in [1.82, 2.24) is 4.90 Å². The van der Waals surface area contributed by atoms with E-state index in [1.165, 1.54) is 22.3 Å². The Morgan fingerprint density at radius 3 is 2.31 bits per heavy atom. The van der Waals surface area contributed by atoms with Gasteiger partial charge in [0, 0.05) is 12.5 Å². The molecule has 3 aliphatic rings. The quantitative estimate of drug-likeness (QED) is 0.827. The van der Waals surface area contributed by atoms with E-state index < -0.39 is 11.4 Å². The maximum absolute atomic E-state index is 13.0. The SMILES string of the molecule is O=C(OCC1c2ccccc2-c2ccccc21)N1CC[C@]2(C(=O)O)CCCC[C@H]12. The van der Waals surface area contributed by atoms with Crippen LogP contribution in [0.1, 0.15) is 49.1 Å². The Morgan fingerprint density at radius 1 is 1.00 bits per heavy atom. The second-order valence-electron chi connectivity index (χ2n) is 8.47. The van der Waals surface area contributed by atoms with E-state index in [1.807, 2.05) is 24.3 Å². The predicted octanol–water partition coefficient (Wildman–Crippen LogP) is 4.65. The maximum atomic E-state index is 13.0. The predicted molar refractivity (Wildman–Crippen MR) is 109 cm³/mol. The topological polar surface area (TPSA) is 66.8 Å². The number of carbonyl (C=O) groups excluding carboxylic acids is 1. The molecule has 5 rings (SSSR count). The molecule has 2 aliphatic carbocycles. The average Bonchev–Trinajstić information content (AvgIpc) is 3.30. The summed E-state index contributed by atoms with van der Waals surface area (Å²) in [4.78, 5) is 26.6. The Labute approximate surface area is 170 Å². The number of fused-ring (bicyclic) bond motifs is 4. The third-order valence-electron chi connectivity index (χ3n) is 7.16. The highest BCUT2D eigenvalue weighted by Gasteiger charge is 2.55. The van der Waals surface area contributed by atoms with E-state index in [-0.39, 0.29) is 24.7 Å². The van der Waals surface area contributed by atoms with Crippen molar-refractivity contribution in [1.29, 1.82) is 0 Å². The van der Waals surface area contributed by atoms with E-state index in [1.54, 1.807) is 4.90 Å². The van der Waals surface area contributed by atoms with Crippen molar-refractivity contribution in [3.63, 3.8) is 0 Å².